The van der Waals surface area contributed by atoms with Gasteiger partial charge in [-0.1, -0.05) is 0 Å². The lowest BCUT2D eigenvalue weighted by molar-refractivity contribution is -0.169. The number of rotatable bonds is 3. The lowest BCUT2D eigenvalue weighted by Gasteiger charge is -2.22. The summed E-state index contributed by atoms with van der Waals surface area (Å²) in [6, 6.07) is 0. The first-order valence-electron chi connectivity index (χ1n) is 5.97. The van der Waals surface area contributed by atoms with Gasteiger partial charge in [0.1, 0.15) is 6.61 Å². The van der Waals surface area contributed by atoms with Crippen LogP contribution in [-0.4, -0.2) is 37.7 Å². The van der Waals surface area contributed by atoms with Gasteiger partial charge in [0.25, 0.3) is 0 Å². The van der Waals surface area contributed by atoms with Gasteiger partial charge in [-0.2, -0.15) is 0 Å². The van der Waals surface area contributed by atoms with Gasteiger partial charge >= 0.3 is 11.9 Å². The van der Waals surface area contributed by atoms with E-state index in [1.807, 2.05) is 0 Å². The quantitative estimate of drug-likeness (QED) is 0.588. The Morgan fingerprint density at radius 1 is 1.35 bits per heavy atom. The summed E-state index contributed by atoms with van der Waals surface area (Å²) >= 11 is 0. The summed E-state index contributed by atoms with van der Waals surface area (Å²) in [5.74, 6) is -1.14. The predicted octanol–water partition coefficient (Wildman–Crippen LogP) is 0.871. The van der Waals surface area contributed by atoms with Crippen LogP contribution in [0.5, 0.6) is 0 Å². The maximum absolute atomic E-state index is 11.4. The monoisotopic (exact) mass is 243 g/mol. The zero-order valence-corrected chi connectivity index (χ0v) is 10.7. The second-order valence-corrected chi connectivity index (χ2v) is 5.29. The van der Waals surface area contributed by atoms with Crippen molar-refractivity contribution >= 4 is 11.9 Å². The highest BCUT2D eigenvalue weighted by atomic mass is 16.6. The molecule has 5 nitrogen and oxygen atoms in total. The normalized spacial score (nSPS) is 21.0. The molecular formula is C12H21NO4. The summed E-state index contributed by atoms with van der Waals surface area (Å²) in [4.78, 5) is 22.8. The largest absolute Gasteiger partial charge is 0.391 e. The van der Waals surface area contributed by atoms with Crippen LogP contribution in [0.15, 0.2) is 0 Å². The van der Waals surface area contributed by atoms with Crippen LogP contribution in [0.4, 0.5) is 0 Å². The van der Waals surface area contributed by atoms with Crippen molar-refractivity contribution in [2.45, 2.75) is 39.7 Å². The molecule has 1 unspecified atom stereocenters. The zero-order chi connectivity index (χ0) is 12.9. The van der Waals surface area contributed by atoms with Crippen molar-refractivity contribution in [1.82, 2.24) is 5.32 Å². The van der Waals surface area contributed by atoms with Crippen molar-refractivity contribution in [3.05, 3.63) is 0 Å². The smallest absolute Gasteiger partial charge is 0.339 e. The third-order valence-corrected chi connectivity index (χ3v) is 2.51. The van der Waals surface area contributed by atoms with Crippen LogP contribution in [0, 0.1) is 5.41 Å². The minimum absolute atomic E-state index is 0.0426. The van der Waals surface area contributed by atoms with Gasteiger partial charge < -0.3 is 14.8 Å². The molecule has 1 aliphatic rings. The maximum Gasteiger partial charge on any atom is 0.339 e. The summed E-state index contributed by atoms with van der Waals surface area (Å²) in [5, 5.41) is 3.18. The van der Waals surface area contributed by atoms with Gasteiger partial charge in [-0.05, 0) is 40.2 Å². The Kier molecular flexibility index (Phi) is 5.08. The Hall–Kier alpha value is -0.940. The van der Waals surface area contributed by atoms with Crippen LogP contribution in [0.3, 0.4) is 0 Å². The number of nitrogens with one attached hydrogen (secondary N) is 1. The molecule has 98 valence electrons. The van der Waals surface area contributed by atoms with E-state index in [0.717, 1.165) is 25.9 Å². The third kappa shape index (κ3) is 5.28. The van der Waals surface area contributed by atoms with Crippen molar-refractivity contribution in [2.24, 2.45) is 5.41 Å². The van der Waals surface area contributed by atoms with Crippen LogP contribution in [0.25, 0.3) is 0 Å². The van der Waals surface area contributed by atoms with Crippen molar-refractivity contribution in [1.29, 1.82) is 0 Å². The van der Waals surface area contributed by atoms with Gasteiger partial charge in [0.05, 0.1) is 11.5 Å². The van der Waals surface area contributed by atoms with E-state index in [4.69, 9.17) is 4.74 Å². The van der Waals surface area contributed by atoms with E-state index in [1.54, 1.807) is 20.8 Å². The average molecular weight is 243 g/mol. The molecule has 0 bridgehead atoms. The molecule has 0 aromatic heterocycles. The number of carbonyl (C=O) groups is 2. The van der Waals surface area contributed by atoms with E-state index in [9.17, 15) is 9.59 Å². The first-order chi connectivity index (χ1) is 7.89. The van der Waals surface area contributed by atoms with Crippen LogP contribution in [0.2, 0.25) is 0 Å². The highest BCUT2D eigenvalue weighted by Gasteiger charge is 2.26. The third-order valence-electron chi connectivity index (χ3n) is 2.51. The number of esters is 2. The van der Waals surface area contributed by atoms with Gasteiger partial charge in [-0.3, -0.25) is 4.79 Å². The van der Waals surface area contributed by atoms with E-state index in [-0.39, 0.29) is 12.7 Å². The van der Waals surface area contributed by atoms with E-state index in [0.29, 0.717) is 0 Å². The van der Waals surface area contributed by atoms with Gasteiger partial charge in [0, 0.05) is 6.54 Å². The first kappa shape index (κ1) is 14.1. The minimum Gasteiger partial charge on any atom is -0.391 e. The molecule has 1 N–H and O–H groups in total. The molecule has 1 heterocycles. The molecule has 0 aromatic carbocycles. The number of hydrogen-bond acceptors (Lipinski definition) is 5. The standard InChI is InChI=1S/C12H21NO4/c1-12(2,3)11(15)17-10(14)8-16-9-5-4-6-13-7-9/h9,13H,4-8H2,1-3H3. The lowest BCUT2D eigenvalue weighted by atomic mass is 9.97. The van der Waals surface area contributed by atoms with Crippen molar-refractivity contribution in [3.63, 3.8) is 0 Å². The molecule has 1 rings (SSSR count). The fraction of sp³-hybridized carbons (Fsp3) is 0.833. The van der Waals surface area contributed by atoms with E-state index in [1.165, 1.54) is 0 Å². The number of hydrogen-bond donors (Lipinski definition) is 1. The fourth-order valence-electron chi connectivity index (χ4n) is 1.43. The molecule has 0 amide bonds. The Labute approximate surface area is 102 Å². The van der Waals surface area contributed by atoms with Crippen molar-refractivity contribution in [2.75, 3.05) is 19.7 Å². The molecule has 0 aliphatic carbocycles. The molecular weight excluding hydrogens is 222 g/mol. The van der Waals surface area contributed by atoms with Crippen molar-refractivity contribution in [3.8, 4) is 0 Å². The number of carbonyl (C=O) groups excluding carboxylic acids is 2. The molecule has 5 heteroatoms. The van der Waals surface area contributed by atoms with Crippen LogP contribution < -0.4 is 5.32 Å². The summed E-state index contributed by atoms with van der Waals surface area (Å²) in [5.41, 5.74) is -0.665. The molecule has 0 saturated carbocycles. The Morgan fingerprint density at radius 2 is 2.06 bits per heavy atom. The maximum atomic E-state index is 11.4. The summed E-state index contributed by atoms with van der Waals surface area (Å²) in [7, 11) is 0. The average Bonchev–Trinajstić information content (AvgIpc) is 2.26. The van der Waals surface area contributed by atoms with E-state index >= 15 is 0 Å². The van der Waals surface area contributed by atoms with Crippen LogP contribution >= 0.6 is 0 Å². The van der Waals surface area contributed by atoms with Crippen molar-refractivity contribution < 1.29 is 19.1 Å². The lowest BCUT2D eigenvalue weighted by Crippen LogP contribution is -2.37. The number of ether oxygens (including phenoxy) is 2. The topological polar surface area (TPSA) is 64.6 Å². The van der Waals surface area contributed by atoms with Gasteiger partial charge in [-0.25, -0.2) is 4.79 Å². The van der Waals surface area contributed by atoms with Gasteiger partial charge in [0.15, 0.2) is 0 Å². The molecule has 0 spiro atoms. The minimum atomic E-state index is -0.665. The van der Waals surface area contributed by atoms with E-state index in [2.05, 4.69) is 10.1 Å². The zero-order valence-electron chi connectivity index (χ0n) is 10.7. The second-order valence-electron chi connectivity index (χ2n) is 5.29. The molecule has 1 fully saturated rings. The summed E-state index contributed by atoms with van der Waals surface area (Å²) in [6.45, 7) is 6.69. The molecule has 0 aromatic rings. The van der Waals surface area contributed by atoms with E-state index < -0.39 is 17.4 Å². The summed E-state index contributed by atoms with van der Waals surface area (Å²) < 4.78 is 10.1. The highest BCUT2D eigenvalue weighted by molar-refractivity contribution is 5.88. The Bertz CT molecular complexity index is 277. The van der Waals surface area contributed by atoms with Crippen LogP contribution in [0.1, 0.15) is 33.6 Å². The molecule has 1 atom stereocenters. The first-order valence-corrected chi connectivity index (χ1v) is 5.97. The SMILES string of the molecule is CC(C)(C)C(=O)OC(=O)COC1CCCNC1. The van der Waals surface area contributed by atoms with Gasteiger partial charge in [0.2, 0.25) is 0 Å². The molecule has 0 radical (unpaired) electrons. The predicted molar refractivity (Wildman–Crippen MR) is 62.4 cm³/mol. The summed E-state index contributed by atoms with van der Waals surface area (Å²) in [6.07, 6.45) is 2.02. The highest BCUT2D eigenvalue weighted by Crippen LogP contribution is 2.15. The second kappa shape index (κ2) is 6.12. The molecule has 17 heavy (non-hydrogen) atoms. The number of piperidine rings is 1. The molecule has 1 aliphatic heterocycles. The fourth-order valence-corrected chi connectivity index (χ4v) is 1.43. The Morgan fingerprint density at radius 3 is 2.59 bits per heavy atom. The molecule has 1 saturated heterocycles. The van der Waals surface area contributed by atoms with Crippen LogP contribution in [-0.2, 0) is 19.1 Å². The Balaban J connectivity index is 2.23. The van der Waals surface area contributed by atoms with Gasteiger partial charge in [-0.15, -0.1) is 0 Å².